The summed E-state index contributed by atoms with van der Waals surface area (Å²) in [4.78, 5) is 23.4. The lowest BCUT2D eigenvalue weighted by Gasteiger charge is -2.18. The summed E-state index contributed by atoms with van der Waals surface area (Å²) >= 11 is 0. The number of nitrogens with one attached hydrogen (secondary N) is 1. The summed E-state index contributed by atoms with van der Waals surface area (Å²) in [7, 11) is 1.62. The number of rotatable bonds is 10. The van der Waals surface area contributed by atoms with Crippen LogP contribution in [-0.2, 0) is 9.59 Å². The number of carboxylic acid groups (broad SMARTS) is 1. The van der Waals surface area contributed by atoms with Gasteiger partial charge in [0, 0.05) is 13.0 Å². The van der Waals surface area contributed by atoms with Crippen molar-refractivity contribution in [2.75, 3.05) is 13.7 Å². The van der Waals surface area contributed by atoms with Gasteiger partial charge in [-0.2, -0.15) is 0 Å². The van der Waals surface area contributed by atoms with E-state index in [-0.39, 0.29) is 24.3 Å². The van der Waals surface area contributed by atoms with Crippen molar-refractivity contribution in [2.24, 2.45) is 11.8 Å². The van der Waals surface area contributed by atoms with Crippen LogP contribution in [0.2, 0.25) is 0 Å². The van der Waals surface area contributed by atoms with Crippen LogP contribution in [0.25, 0.3) is 0 Å². The van der Waals surface area contributed by atoms with E-state index in [1.165, 1.54) is 0 Å². The number of amides is 1. The highest BCUT2D eigenvalue weighted by Crippen LogP contribution is 2.25. The second-order valence-electron chi connectivity index (χ2n) is 6.55. The standard InChI is InChI=1S/C19H29NO4/c1-5-14(15-6-8-17(24-4)9-7-15)11-18(21)20-12-16(19(22)23)10-13(2)3/h6-9,13-14,16H,5,10-12H2,1-4H3,(H,20,21)(H,22,23). The Labute approximate surface area is 144 Å². The van der Waals surface area contributed by atoms with Gasteiger partial charge in [-0.3, -0.25) is 9.59 Å². The smallest absolute Gasteiger partial charge is 0.308 e. The second-order valence-corrected chi connectivity index (χ2v) is 6.55. The van der Waals surface area contributed by atoms with Crippen molar-refractivity contribution in [3.05, 3.63) is 29.8 Å². The minimum atomic E-state index is -0.855. The van der Waals surface area contributed by atoms with Crippen molar-refractivity contribution < 1.29 is 19.4 Å². The van der Waals surface area contributed by atoms with Gasteiger partial charge < -0.3 is 15.2 Å². The van der Waals surface area contributed by atoms with E-state index in [0.717, 1.165) is 17.7 Å². The molecule has 134 valence electrons. The lowest BCUT2D eigenvalue weighted by molar-refractivity contribution is -0.142. The molecule has 0 radical (unpaired) electrons. The highest BCUT2D eigenvalue weighted by molar-refractivity contribution is 5.78. The van der Waals surface area contributed by atoms with Crippen molar-refractivity contribution >= 4 is 11.9 Å². The molecule has 0 aliphatic rings. The van der Waals surface area contributed by atoms with Crippen LogP contribution < -0.4 is 10.1 Å². The van der Waals surface area contributed by atoms with Crippen LogP contribution >= 0.6 is 0 Å². The summed E-state index contributed by atoms with van der Waals surface area (Å²) in [5.74, 6) is -0.306. The predicted molar refractivity (Wildman–Crippen MR) is 94.2 cm³/mol. The van der Waals surface area contributed by atoms with Gasteiger partial charge in [0.05, 0.1) is 13.0 Å². The van der Waals surface area contributed by atoms with E-state index < -0.39 is 11.9 Å². The first kappa shape index (κ1) is 20.0. The first-order valence-corrected chi connectivity index (χ1v) is 8.50. The largest absolute Gasteiger partial charge is 0.497 e. The van der Waals surface area contributed by atoms with E-state index in [9.17, 15) is 14.7 Å². The van der Waals surface area contributed by atoms with E-state index >= 15 is 0 Å². The summed E-state index contributed by atoms with van der Waals surface area (Å²) in [5, 5.41) is 12.0. The number of ether oxygens (including phenoxy) is 1. The molecule has 0 saturated carbocycles. The predicted octanol–water partition coefficient (Wildman–Crippen LogP) is 3.44. The number of hydrogen-bond acceptors (Lipinski definition) is 3. The Balaban J connectivity index is 2.58. The van der Waals surface area contributed by atoms with Crippen molar-refractivity contribution in [3.63, 3.8) is 0 Å². The molecule has 1 rings (SSSR count). The van der Waals surface area contributed by atoms with Gasteiger partial charge >= 0.3 is 5.97 Å². The highest BCUT2D eigenvalue weighted by Gasteiger charge is 2.21. The maximum atomic E-state index is 12.2. The Bertz CT molecular complexity index is 525. The molecule has 0 aromatic heterocycles. The third kappa shape index (κ3) is 6.60. The fourth-order valence-corrected chi connectivity index (χ4v) is 2.75. The van der Waals surface area contributed by atoms with Gasteiger partial charge in [-0.15, -0.1) is 0 Å². The van der Waals surface area contributed by atoms with Crippen LogP contribution in [0, 0.1) is 11.8 Å². The van der Waals surface area contributed by atoms with Gasteiger partial charge in [0.2, 0.25) is 5.91 Å². The Morgan fingerprint density at radius 2 is 1.83 bits per heavy atom. The molecular formula is C19H29NO4. The molecule has 24 heavy (non-hydrogen) atoms. The molecule has 0 fully saturated rings. The maximum absolute atomic E-state index is 12.2. The van der Waals surface area contributed by atoms with Gasteiger partial charge in [0.1, 0.15) is 5.75 Å². The fourth-order valence-electron chi connectivity index (χ4n) is 2.75. The number of aliphatic carboxylic acids is 1. The molecule has 5 nitrogen and oxygen atoms in total. The number of hydrogen-bond donors (Lipinski definition) is 2. The lowest BCUT2D eigenvalue weighted by atomic mass is 9.92. The zero-order valence-corrected chi connectivity index (χ0v) is 15.0. The van der Waals surface area contributed by atoms with Gasteiger partial charge in [0.25, 0.3) is 0 Å². The third-order valence-electron chi connectivity index (χ3n) is 4.16. The van der Waals surface area contributed by atoms with Crippen LogP contribution in [0.3, 0.4) is 0 Å². The van der Waals surface area contributed by atoms with Crippen molar-refractivity contribution in [2.45, 2.75) is 46.0 Å². The summed E-state index contributed by atoms with van der Waals surface area (Å²) in [5.41, 5.74) is 1.09. The quantitative estimate of drug-likeness (QED) is 0.687. The van der Waals surface area contributed by atoms with Crippen LogP contribution in [0.15, 0.2) is 24.3 Å². The molecule has 2 unspecified atom stereocenters. The van der Waals surface area contributed by atoms with Crippen molar-refractivity contribution in [3.8, 4) is 5.75 Å². The number of methoxy groups -OCH3 is 1. The Kier molecular flexibility index (Phi) is 8.30. The second kappa shape index (κ2) is 9.96. The summed E-state index contributed by atoms with van der Waals surface area (Å²) in [6.07, 6.45) is 1.76. The van der Waals surface area contributed by atoms with Crippen LogP contribution in [0.5, 0.6) is 5.75 Å². The lowest BCUT2D eigenvalue weighted by Crippen LogP contribution is -2.34. The average Bonchev–Trinajstić information content (AvgIpc) is 2.56. The molecular weight excluding hydrogens is 306 g/mol. The van der Waals surface area contributed by atoms with Gasteiger partial charge in [-0.05, 0) is 42.4 Å². The zero-order chi connectivity index (χ0) is 18.1. The Morgan fingerprint density at radius 1 is 1.21 bits per heavy atom. The number of carbonyl (C=O) groups is 2. The van der Waals surface area contributed by atoms with E-state index in [1.54, 1.807) is 7.11 Å². The zero-order valence-electron chi connectivity index (χ0n) is 15.0. The highest BCUT2D eigenvalue weighted by atomic mass is 16.5. The fraction of sp³-hybridized carbons (Fsp3) is 0.579. The molecule has 2 atom stereocenters. The molecule has 5 heteroatoms. The Hall–Kier alpha value is -2.04. The monoisotopic (exact) mass is 335 g/mol. The van der Waals surface area contributed by atoms with Crippen molar-refractivity contribution in [1.82, 2.24) is 5.32 Å². The molecule has 0 spiro atoms. The number of carbonyl (C=O) groups excluding carboxylic acids is 1. The van der Waals surface area contributed by atoms with E-state index in [4.69, 9.17) is 4.74 Å². The molecule has 0 heterocycles. The molecule has 0 saturated heterocycles. The summed E-state index contributed by atoms with van der Waals surface area (Å²) in [6, 6.07) is 7.72. The molecule has 1 aromatic carbocycles. The summed E-state index contributed by atoms with van der Waals surface area (Å²) in [6.45, 7) is 6.19. The van der Waals surface area contributed by atoms with Gasteiger partial charge in [-0.25, -0.2) is 0 Å². The van der Waals surface area contributed by atoms with E-state index in [0.29, 0.717) is 12.8 Å². The van der Waals surface area contributed by atoms with Crippen LogP contribution in [0.1, 0.15) is 51.5 Å². The molecule has 0 aliphatic carbocycles. The minimum absolute atomic E-state index is 0.104. The first-order chi connectivity index (χ1) is 11.4. The normalized spacial score (nSPS) is 13.4. The molecule has 2 N–H and O–H groups in total. The van der Waals surface area contributed by atoms with Gasteiger partial charge in [0.15, 0.2) is 0 Å². The topological polar surface area (TPSA) is 75.6 Å². The van der Waals surface area contributed by atoms with Crippen LogP contribution in [0.4, 0.5) is 0 Å². The molecule has 1 aromatic rings. The number of benzene rings is 1. The molecule has 1 amide bonds. The van der Waals surface area contributed by atoms with Crippen molar-refractivity contribution in [1.29, 1.82) is 0 Å². The minimum Gasteiger partial charge on any atom is -0.497 e. The molecule has 0 aliphatic heterocycles. The Morgan fingerprint density at radius 3 is 2.29 bits per heavy atom. The van der Waals surface area contributed by atoms with E-state index in [2.05, 4.69) is 5.32 Å². The maximum Gasteiger partial charge on any atom is 0.308 e. The third-order valence-corrected chi connectivity index (χ3v) is 4.16. The molecule has 0 bridgehead atoms. The van der Waals surface area contributed by atoms with E-state index in [1.807, 2.05) is 45.0 Å². The van der Waals surface area contributed by atoms with Gasteiger partial charge in [-0.1, -0.05) is 32.9 Å². The SMILES string of the molecule is CCC(CC(=O)NCC(CC(C)C)C(=O)O)c1ccc(OC)cc1. The average molecular weight is 335 g/mol. The van der Waals surface area contributed by atoms with Crippen LogP contribution in [-0.4, -0.2) is 30.6 Å². The summed E-state index contributed by atoms with van der Waals surface area (Å²) < 4.78 is 5.15. The first-order valence-electron chi connectivity index (χ1n) is 8.50. The number of carboxylic acids is 1.